The monoisotopic (exact) mass is 297 g/mol. The van der Waals surface area contributed by atoms with E-state index < -0.39 is 11.9 Å². The standard InChI is InChI=1S/C14H16ClNO4/c1-20-12-6-5-8(15)7-10(12)13(17)16-11-4-2-3-9(11)14(18)19/h5-7,9,11H,2-4H2,1H3,(H,16,17)(H,18,19). The van der Waals surface area contributed by atoms with E-state index in [0.29, 0.717) is 29.2 Å². The van der Waals surface area contributed by atoms with Gasteiger partial charge < -0.3 is 15.2 Å². The molecule has 0 bridgehead atoms. The van der Waals surface area contributed by atoms with Crippen LogP contribution >= 0.6 is 11.6 Å². The fraction of sp³-hybridized carbons (Fsp3) is 0.429. The Morgan fingerprint density at radius 1 is 1.40 bits per heavy atom. The molecule has 2 atom stereocenters. The van der Waals surface area contributed by atoms with Crippen molar-refractivity contribution in [3.8, 4) is 5.75 Å². The van der Waals surface area contributed by atoms with E-state index in [4.69, 9.17) is 21.4 Å². The van der Waals surface area contributed by atoms with Gasteiger partial charge in [0.2, 0.25) is 0 Å². The summed E-state index contributed by atoms with van der Waals surface area (Å²) in [6, 6.07) is 4.41. The smallest absolute Gasteiger partial charge is 0.308 e. The zero-order valence-corrected chi connectivity index (χ0v) is 11.8. The van der Waals surface area contributed by atoms with Gasteiger partial charge in [0.05, 0.1) is 18.6 Å². The highest BCUT2D eigenvalue weighted by atomic mass is 35.5. The number of amides is 1. The molecule has 0 aliphatic heterocycles. The largest absolute Gasteiger partial charge is 0.496 e. The number of benzene rings is 1. The van der Waals surface area contributed by atoms with Crippen molar-refractivity contribution in [3.63, 3.8) is 0 Å². The van der Waals surface area contributed by atoms with Crippen molar-refractivity contribution >= 4 is 23.5 Å². The molecule has 0 saturated heterocycles. The predicted molar refractivity (Wildman–Crippen MR) is 74.2 cm³/mol. The maximum atomic E-state index is 12.3. The Bertz CT molecular complexity index is 532. The van der Waals surface area contributed by atoms with Crippen LogP contribution in [0.2, 0.25) is 5.02 Å². The van der Waals surface area contributed by atoms with Gasteiger partial charge in [0.25, 0.3) is 5.91 Å². The Morgan fingerprint density at radius 3 is 2.80 bits per heavy atom. The Morgan fingerprint density at radius 2 is 2.15 bits per heavy atom. The van der Waals surface area contributed by atoms with Gasteiger partial charge >= 0.3 is 5.97 Å². The number of ether oxygens (including phenoxy) is 1. The molecule has 1 amide bonds. The number of carboxylic acids is 1. The molecule has 108 valence electrons. The third-order valence-corrected chi connectivity index (χ3v) is 3.79. The van der Waals surface area contributed by atoms with Gasteiger partial charge in [0.15, 0.2) is 0 Å². The molecule has 0 heterocycles. The second-order valence-electron chi connectivity index (χ2n) is 4.80. The molecule has 1 fully saturated rings. The summed E-state index contributed by atoms with van der Waals surface area (Å²) in [7, 11) is 1.47. The number of rotatable bonds is 4. The molecule has 20 heavy (non-hydrogen) atoms. The average Bonchev–Trinajstić information content (AvgIpc) is 2.87. The van der Waals surface area contributed by atoms with Crippen molar-refractivity contribution in [2.75, 3.05) is 7.11 Å². The van der Waals surface area contributed by atoms with E-state index in [1.807, 2.05) is 0 Å². The summed E-state index contributed by atoms with van der Waals surface area (Å²) in [4.78, 5) is 23.4. The second-order valence-corrected chi connectivity index (χ2v) is 5.24. The zero-order valence-electron chi connectivity index (χ0n) is 11.1. The van der Waals surface area contributed by atoms with Crippen LogP contribution in [0.4, 0.5) is 0 Å². The molecule has 2 unspecified atom stereocenters. The SMILES string of the molecule is COc1ccc(Cl)cc1C(=O)NC1CCCC1C(=O)O. The lowest BCUT2D eigenvalue weighted by atomic mass is 10.0. The predicted octanol–water partition coefficient (Wildman–Crippen LogP) is 2.33. The number of carboxylic acid groups (broad SMARTS) is 1. The van der Waals surface area contributed by atoms with Crippen molar-refractivity contribution in [3.05, 3.63) is 28.8 Å². The van der Waals surface area contributed by atoms with Crippen molar-refractivity contribution in [1.82, 2.24) is 5.32 Å². The first-order chi connectivity index (χ1) is 9.52. The highest BCUT2D eigenvalue weighted by Crippen LogP contribution is 2.27. The van der Waals surface area contributed by atoms with Gasteiger partial charge in [-0.25, -0.2) is 0 Å². The van der Waals surface area contributed by atoms with Crippen LogP contribution in [0.3, 0.4) is 0 Å². The maximum Gasteiger partial charge on any atom is 0.308 e. The first-order valence-corrected chi connectivity index (χ1v) is 6.78. The molecule has 6 heteroatoms. The molecule has 1 aliphatic carbocycles. The van der Waals surface area contributed by atoms with Crippen molar-refractivity contribution < 1.29 is 19.4 Å². The number of hydrogen-bond donors (Lipinski definition) is 2. The Labute approximate surface area is 121 Å². The minimum atomic E-state index is -0.870. The van der Waals surface area contributed by atoms with E-state index in [2.05, 4.69) is 5.32 Å². The number of aliphatic carboxylic acids is 1. The van der Waals surface area contributed by atoms with Crippen LogP contribution in [0, 0.1) is 5.92 Å². The van der Waals surface area contributed by atoms with Gasteiger partial charge in [-0.1, -0.05) is 18.0 Å². The van der Waals surface area contributed by atoms with Crippen LogP contribution in [-0.4, -0.2) is 30.1 Å². The minimum absolute atomic E-state index is 0.316. The third-order valence-electron chi connectivity index (χ3n) is 3.56. The quantitative estimate of drug-likeness (QED) is 0.894. The number of nitrogens with one attached hydrogen (secondary N) is 1. The average molecular weight is 298 g/mol. The first kappa shape index (κ1) is 14.7. The highest BCUT2D eigenvalue weighted by molar-refractivity contribution is 6.31. The highest BCUT2D eigenvalue weighted by Gasteiger charge is 2.34. The molecule has 1 aromatic carbocycles. The van der Waals surface area contributed by atoms with Crippen LogP contribution in [0.1, 0.15) is 29.6 Å². The molecule has 2 N–H and O–H groups in total. The molecule has 5 nitrogen and oxygen atoms in total. The van der Waals surface area contributed by atoms with E-state index in [9.17, 15) is 9.59 Å². The molecule has 1 aliphatic rings. The van der Waals surface area contributed by atoms with Crippen molar-refractivity contribution in [2.24, 2.45) is 5.92 Å². The van der Waals surface area contributed by atoms with Crippen molar-refractivity contribution in [2.45, 2.75) is 25.3 Å². The number of carbonyl (C=O) groups excluding carboxylic acids is 1. The fourth-order valence-electron chi connectivity index (χ4n) is 2.53. The van der Waals surface area contributed by atoms with E-state index in [1.165, 1.54) is 13.2 Å². The van der Waals surface area contributed by atoms with Gasteiger partial charge in [-0.2, -0.15) is 0 Å². The molecular formula is C14H16ClNO4. The fourth-order valence-corrected chi connectivity index (χ4v) is 2.70. The van der Waals surface area contributed by atoms with Gasteiger partial charge in [-0.05, 0) is 31.0 Å². The van der Waals surface area contributed by atoms with Crippen LogP contribution < -0.4 is 10.1 Å². The van der Waals surface area contributed by atoms with E-state index in [0.717, 1.165) is 6.42 Å². The van der Waals surface area contributed by atoms with E-state index >= 15 is 0 Å². The molecular weight excluding hydrogens is 282 g/mol. The first-order valence-electron chi connectivity index (χ1n) is 6.40. The number of halogens is 1. The normalized spacial score (nSPS) is 21.5. The van der Waals surface area contributed by atoms with Crippen molar-refractivity contribution in [1.29, 1.82) is 0 Å². The molecule has 0 aromatic heterocycles. The number of methoxy groups -OCH3 is 1. The Hall–Kier alpha value is -1.75. The van der Waals surface area contributed by atoms with Crippen LogP contribution in [0.5, 0.6) is 5.75 Å². The van der Waals surface area contributed by atoms with Gasteiger partial charge in [-0.3, -0.25) is 9.59 Å². The van der Waals surface area contributed by atoms with Gasteiger partial charge in [0.1, 0.15) is 5.75 Å². The molecule has 1 saturated carbocycles. The molecule has 0 spiro atoms. The van der Waals surface area contributed by atoms with Crippen LogP contribution in [0.25, 0.3) is 0 Å². The topological polar surface area (TPSA) is 75.6 Å². The van der Waals surface area contributed by atoms with E-state index in [-0.39, 0.29) is 11.9 Å². The summed E-state index contributed by atoms with van der Waals surface area (Å²) >= 11 is 5.88. The summed E-state index contributed by atoms with van der Waals surface area (Å²) in [5.74, 6) is -1.34. The molecule has 0 radical (unpaired) electrons. The molecule has 2 rings (SSSR count). The molecule has 1 aromatic rings. The summed E-state index contributed by atoms with van der Waals surface area (Å²) in [5, 5.41) is 12.3. The van der Waals surface area contributed by atoms with Gasteiger partial charge in [0, 0.05) is 11.1 Å². The summed E-state index contributed by atoms with van der Waals surface area (Å²) in [6.07, 6.45) is 2.06. The summed E-state index contributed by atoms with van der Waals surface area (Å²) in [5.41, 5.74) is 0.316. The maximum absolute atomic E-state index is 12.3. The Balaban J connectivity index is 2.16. The van der Waals surface area contributed by atoms with E-state index in [1.54, 1.807) is 12.1 Å². The number of carbonyl (C=O) groups is 2. The Kier molecular flexibility index (Phi) is 4.49. The number of hydrogen-bond acceptors (Lipinski definition) is 3. The van der Waals surface area contributed by atoms with Crippen LogP contribution in [-0.2, 0) is 4.79 Å². The summed E-state index contributed by atoms with van der Waals surface area (Å²) in [6.45, 7) is 0. The summed E-state index contributed by atoms with van der Waals surface area (Å²) < 4.78 is 5.12. The lowest BCUT2D eigenvalue weighted by Crippen LogP contribution is -2.40. The third kappa shape index (κ3) is 3.04. The minimum Gasteiger partial charge on any atom is -0.496 e. The second kappa shape index (κ2) is 6.13. The van der Waals surface area contributed by atoms with Crippen LogP contribution in [0.15, 0.2) is 18.2 Å². The lowest BCUT2D eigenvalue weighted by molar-refractivity contribution is -0.142. The van der Waals surface area contributed by atoms with Gasteiger partial charge in [-0.15, -0.1) is 0 Å². The zero-order chi connectivity index (χ0) is 14.7. The lowest BCUT2D eigenvalue weighted by Gasteiger charge is -2.18.